The van der Waals surface area contributed by atoms with Crippen molar-refractivity contribution in [3.8, 4) is 0 Å². The molecule has 0 heterocycles. The third-order valence-electron chi connectivity index (χ3n) is 1.86. The molecule has 0 amide bonds. The summed E-state index contributed by atoms with van der Waals surface area (Å²) in [5.74, 6) is 0. The zero-order valence-electron chi connectivity index (χ0n) is 8.68. The van der Waals surface area contributed by atoms with E-state index in [-0.39, 0.29) is 0 Å². The Morgan fingerprint density at radius 1 is 1.38 bits per heavy atom. The highest BCUT2D eigenvalue weighted by molar-refractivity contribution is 5.53. The minimum absolute atomic E-state index is 0.425. The van der Waals surface area contributed by atoms with Gasteiger partial charge < -0.3 is 0 Å². The molecule has 0 saturated carbocycles. The van der Waals surface area contributed by atoms with Crippen LogP contribution in [0.1, 0.15) is 46.0 Å². The summed E-state index contributed by atoms with van der Waals surface area (Å²) < 4.78 is 0. The van der Waals surface area contributed by atoms with E-state index in [4.69, 9.17) is 0 Å². The molecular weight excluding hydrogens is 160 g/mol. The Morgan fingerprint density at radius 3 is 2.77 bits per heavy atom. The van der Waals surface area contributed by atoms with Crippen molar-refractivity contribution in [2.75, 3.05) is 0 Å². The molecule has 13 heavy (non-hydrogen) atoms. The summed E-state index contributed by atoms with van der Waals surface area (Å²) in [4.78, 5) is 9.94. The van der Waals surface area contributed by atoms with Gasteiger partial charge in [-0.1, -0.05) is 43.6 Å². The van der Waals surface area contributed by atoms with E-state index < -0.39 is 0 Å². The number of unbranched alkanes of at least 4 members (excludes halogenated alkanes) is 2. The summed E-state index contributed by atoms with van der Waals surface area (Å²) in [7, 11) is 0. The van der Waals surface area contributed by atoms with E-state index in [0.717, 1.165) is 6.42 Å². The van der Waals surface area contributed by atoms with E-state index >= 15 is 0 Å². The molecule has 1 heteroatoms. The molecule has 0 fully saturated rings. The monoisotopic (exact) mass is 179 g/mol. The quantitative estimate of drug-likeness (QED) is 0.431. The molecule has 0 aromatic heterocycles. The van der Waals surface area contributed by atoms with E-state index in [2.05, 4.69) is 19.1 Å². The molecule has 1 radical (unpaired) electrons. The van der Waals surface area contributed by atoms with Gasteiger partial charge in [-0.2, -0.15) is 0 Å². The van der Waals surface area contributed by atoms with E-state index in [1.807, 2.05) is 19.3 Å². The highest BCUT2D eigenvalue weighted by atomic mass is 16.1. The van der Waals surface area contributed by atoms with Crippen LogP contribution in [0.3, 0.4) is 0 Å². The molecule has 1 nitrogen and oxygen atoms in total. The molecule has 0 aliphatic heterocycles. The minimum atomic E-state index is 0.425. The van der Waals surface area contributed by atoms with Gasteiger partial charge in [-0.25, -0.2) is 0 Å². The Labute approximate surface area is 81.5 Å². The molecule has 0 atom stereocenters. The van der Waals surface area contributed by atoms with Crippen molar-refractivity contribution in [2.45, 2.75) is 46.0 Å². The maximum atomic E-state index is 9.94. The van der Waals surface area contributed by atoms with Gasteiger partial charge in [-0.3, -0.25) is 4.79 Å². The standard InChI is InChI=1S/C12H19O/c1-3-4-5-6-7-9-12(2)10-8-11-13/h6-7,10H,3-5,8-9H2,1-2H3/b7-6+,12-10+. The first kappa shape index (κ1) is 12.2. The largest absolute Gasteiger partial charge is 0.291 e. The summed E-state index contributed by atoms with van der Waals surface area (Å²) in [6, 6.07) is 0. The van der Waals surface area contributed by atoms with Crippen molar-refractivity contribution in [1.82, 2.24) is 0 Å². The average molecular weight is 179 g/mol. The van der Waals surface area contributed by atoms with Crippen molar-refractivity contribution in [2.24, 2.45) is 0 Å². The average Bonchev–Trinajstić information content (AvgIpc) is 2.14. The molecule has 0 spiro atoms. The van der Waals surface area contributed by atoms with Gasteiger partial charge in [0.2, 0.25) is 6.29 Å². The van der Waals surface area contributed by atoms with Crippen LogP contribution in [0.5, 0.6) is 0 Å². The van der Waals surface area contributed by atoms with Gasteiger partial charge in [0.15, 0.2) is 0 Å². The van der Waals surface area contributed by atoms with Crippen LogP contribution in [0.4, 0.5) is 0 Å². The first-order chi connectivity index (χ1) is 6.31. The summed E-state index contributed by atoms with van der Waals surface area (Å²) in [5.41, 5.74) is 1.25. The molecule has 0 saturated heterocycles. The fourth-order valence-corrected chi connectivity index (χ4v) is 1.01. The lowest BCUT2D eigenvalue weighted by atomic mass is 10.1. The zero-order valence-corrected chi connectivity index (χ0v) is 8.68. The fraction of sp³-hybridized carbons (Fsp3) is 0.583. The number of allylic oxidation sites excluding steroid dienone is 4. The van der Waals surface area contributed by atoms with Gasteiger partial charge in [0, 0.05) is 6.42 Å². The Bertz CT molecular complexity index is 178. The van der Waals surface area contributed by atoms with Crippen molar-refractivity contribution in [1.29, 1.82) is 0 Å². The van der Waals surface area contributed by atoms with Crippen molar-refractivity contribution in [3.63, 3.8) is 0 Å². The van der Waals surface area contributed by atoms with Crippen molar-refractivity contribution < 1.29 is 4.79 Å². The molecule has 0 N–H and O–H groups in total. The molecular formula is C12H19O. The van der Waals surface area contributed by atoms with Gasteiger partial charge in [-0.15, -0.1) is 0 Å². The second-order valence-electron chi connectivity index (χ2n) is 3.22. The van der Waals surface area contributed by atoms with Crippen LogP contribution in [-0.2, 0) is 4.79 Å². The van der Waals surface area contributed by atoms with E-state index in [1.165, 1.54) is 24.8 Å². The molecule has 0 bridgehead atoms. The van der Waals surface area contributed by atoms with Gasteiger partial charge >= 0.3 is 0 Å². The lowest BCUT2D eigenvalue weighted by Crippen LogP contribution is -1.75. The molecule has 0 rings (SSSR count). The predicted octanol–water partition coefficient (Wildman–Crippen LogP) is 3.57. The zero-order chi connectivity index (χ0) is 9.94. The third kappa shape index (κ3) is 9.06. The summed E-state index contributed by atoms with van der Waals surface area (Å²) in [6.45, 7) is 4.24. The Balaban J connectivity index is 3.50. The van der Waals surface area contributed by atoms with Gasteiger partial charge in [0.05, 0.1) is 0 Å². The number of hydrogen-bond acceptors (Lipinski definition) is 1. The predicted molar refractivity (Wildman–Crippen MR) is 57.3 cm³/mol. The molecule has 0 aromatic rings. The summed E-state index contributed by atoms with van der Waals surface area (Å²) >= 11 is 0. The van der Waals surface area contributed by atoms with Crippen molar-refractivity contribution in [3.05, 3.63) is 23.8 Å². The third-order valence-corrected chi connectivity index (χ3v) is 1.86. The normalized spacial score (nSPS) is 12.3. The highest BCUT2D eigenvalue weighted by Gasteiger charge is 1.85. The van der Waals surface area contributed by atoms with Crippen LogP contribution in [0.15, 0.2) is 23.8 Å². The smallest absolute Gasteiger partial charge is 0.202 e. The SMILES string of the molecule is CCCC/C=C/C/C(C)=C/C[C]=O. The Morgan fingerprint density at radius 2 is 2.15 bits per heavy atom. The van der Waals surface area contributed by atoms with Gasteiger partial charge in [0.25, 0.3) is 0 Å². The molecule has 0 aromatic carbocycles. The fourth-order valence-electron chi connectivity index (χ4n) is 1.01. The Kier molecular flexibility index (Phi) is 8.64. The minimum Gasteiger partial charge on any atom is -0.291 e. The lowest BCUT2D eigenvalue weighted by Gasteiger charge is -1.93. The first-order valence-corrected chi connectivity index (χ1v) is 4.97. The summed E-state index contributed by atoms with van der Waals surface area (Å²) in [6.07, 6.45) is 13.2. The van der Waals surface area contributed by atoms with Crippen LogP contribution in [0.2, 0.25) is 0 Å². The van der Waals surface area contributed by atoms with Crippen LogP contribution in [-0.4, -0.2) is 6.29 Å². The maximum Gasteiger partial charge on any atom is 0.202 e. The topological polar surface area (TPSA) is 17.1 Å². The van der Waals surface area contributed by atoms with Crippen LogP contribution in [0, 0.1) is 0 Å². The van der Waals surface area contributed by atoms with Gasteiger partial charge in [-0.05, 0) is 19.8 Å². The van der Waals surface area contributed by atoms with Crippen LogP contribution < -0.4 is 0 Å². The van der Waals surface area contributed by atoms with E-state index in [1.54, 1.807) is 0 Å². The Hall–Kier alpha value is -0.850. The van der Waals surface area contributed by atoms with Crippen LogP contribution >= 0.6 is 0 Å². The molecule has 73 valence electrons. The second kappa shape index (κ2) is 9.24. The second-order valence-corrected chi connectivity index (χ2v) is 3.22. The van der Waals surface area contributed by atoms with Crippen molar-refractivity contribution >= 4 is 6.29 Å². The van der Waals surface area contributed by atoms with Gasteiger partial charge in [0.1, 0.15) is 0 Å². The van der Waals surface area contributed by atoms with E-state index in [9.17, 15) is 4.79 Å². The number of carbonyl (C=O) groups excluding carboxylic acids is 1. The summed E-state index contributed by atoms with van der Waals surface area (Å²) in [5, 5.41) is 0. The molecule has 0 unspecified atom stereocenters. The van der Waals surface area contributed by atoms with Crippen LogP contribution in [0.25, 0.3) is 0 Å². The molecule has 0 aliphatic rings. The highest BCUT2D eigenvalue weighted by Crippen LogP contribution is 2.03. The maximum absolute atomic E-state index is 9.94. The first-order valence-electron chi connectivity index (χ1n) is 4.97. The number of rotatable bonds is 7. The number of hydrogen-bond donors (Lipinski definition) is 0. The van der Waals surface area contributed by atoms with E-state index in [0.29, 0.717) is 6.42 Å². The lowest BCUT2D eigenvalue weighted by molar-refractivity contribution is 0.556. The molecule has 0 aliphatic carbocycles.